The molecular formula is C19H16F3N5O2. The SMILES string of the molecule is Cc1nn(-c2ccccc2)c(C)c1/C=N\Nc1ccc(C(F)(F)F)cc1[N+](=O)[O-]. The maximum Gasteiger partial charge on any atom is 0.416 e. The van der Waals surface area contributed by atoms with Crippen molar-refractivity contribution in [3.05, 3.63) is 81.2 Å². The van der Waals surface area contributed by atoms with Gasteiger partial charge in [0.1, 0.15) is 5.69 Å². The maximum atomic E-state index is 12.8. The van der Waals surface area contributed by atoms with Crippen molar-refractivity contribution < 1.29 is 18.1 Å². The normalized spacial score (nSPS) is 11.8. The van der Waals surface area contributed by atoms with Crippen molar-refractivity contribution in [2.45, 2.75) is 20.0 Å². The van der Waals surface area contributed by atoms with E-state index in [1.165, 1.54) is 6.21 Å². The number of hydrogen-bond donors (Lipinski definition) is 1. The fraction of sp³-hybridized carbons (Fsp3) is 0.158. The maximum absolute atomic E-state index is 12.8. The molecule has 10 heteroatoms. The van der Waals surface area contributed by atoms with Crippen molar-refractivity contribution in [2.75, 3.05) is 5.43 Å². The number of alkyl halides is 3. The first-order valence-electron chi connectivity index (χ1n) is 8.45. The summed E-state index contributed by atoms with van der Waals surface area (Å²) in [7, 11) is 0. The topological polar surface area (TPSA) is 85.3 Å². The summed E-state index contributed by atoms with van der Waals surface area (Å²) in [5.74, 6) is 0. The Morgan fingerprint density at radius 1 is 1.17 bits per heavy atom. The Labute approximate surface area is 163 Å². The summed E-state index contributed by atoms with van der Waals surface area (Å²) in [4.78, 5) is 10.2. The molecular weight excluding hydrogens is 387 g/mol. The lowest BCUT2D eigenvalue weighted by Crippen LogP contribution is -2.06. The molecule has 0 saturated carbocycles. The Kier molecular flexibility index (Phi) is 5.35. The molecule has 0 aliphatic carbocycles. The van der Waals surface area contributed by atoms with Gasteiger partial charge >= 0.3 is 6.18 Å². The monoisotopic (exact) mass is 403 g/mol. The third-order valence-corrected chi connectivity index (χ3v) is 4.25. The third kappa shape index (κ3) is 4.26. The standard InChI is InChI=1S/C19H16F3N5O2/c1-12-16(13(2)26(25-12)15-6-4-3-5-7-15)11-23-24-17-9-8-14(19(20,21)22)10-18(17)27(28)29/h3-11,24H,1-2H3/b23-11-. The second-order valence-corrected chi connectivity index (χ2v) is 6.19. The first-order chi connectivity index (χ1) is 13.7. The van der Waals surface area contributed by atoms with Crippen LogP contribution in [-0.4, -0.2) is 20.9 Å². The van der Waals surface area contributed by atoms with Crippen LogP contribution in [0, 0.1) is 24.0 Å². The zero-order valence-electron chi connectivity index (χ0n) is 15.4. The van der Waals surface area contributed by atoms with Crippen molar-refractivity contribution >= 4 is 17.6 Å². The highest BCUT2D eigenvalue weighted by molar-refractivity contribution is 5.83. The minimum atomic E-state index is -4.67. The van der Waals surface area contributed by atoms with E-state index in [9.17, 15) is 23.3 Å². The van der Waals surface area contributed by atoms with E-state index in [-0.39, 0.29) is 5.69 Å². The highest BCUT2D eigenvalue weighted by atomic mass is 19.4. The van der Waals surface area contributed by atoms with Gasteiger partial charge in [0.05, 0.1) is 33.8 Å². The van der Waals surface area contributed by atoms with Gasteiger partial charge in [-0.15, -0.1) is 0 Å². The number of hydrazone groups is 1. The molecule has 0 radical (unpaired) electrons. The van der Waals surface area contributed by atoms with Gasteiger partial charge in [-0.3, -0.25) is 15.5 Å². The summed E-state index contributed by atoms with van der Waals surface area (Å²) in [6, 6.07) is 11.6. The van der Waals surface area contributed by atoms with Crippen LogP contribution in [0.4, 0.5) is 24.5 Å². The summed E-state index contributed by atoms with van der Waals surface area (Å²) in [6.45, 7) is 3.63. The van der Waals surface area contributed by atoms with Crippen LogP contribution in [0.3, 0.4) is 0 Å². The molecule has 0 amide bonds. The van der Waals surface area contributed by atoms with E-state index >= 15 is 0 Å². The molecule has 3 aromatic rings. The lowest BCUT2D eigenvalue weighted by atomic mass is 10.1. The van der Waals surface area contributed by atoms with Crippen molar-refractivity contribution in [1.29, 1.82) is 0 Å². The van der Waals surface area contributed by atoms with Gasteiger partial charge < -0.3 is 0 Å². The van der Waals surface area contributed by atoms with Crippen LogP contribution in [0.15, 0.2) is 53.6 Å². The molecule has 0 fully saturated rings. The summed E-state index contributed by atoms with van der Waals surface area (Å²) in [5.41, 5.74) is 3.50. The van der Waals surface area contributed by atoms with Crippen LogP contribution in [0.25, 0.3) is 5.69 Å². The molecule has 3 rings (SSSR count). The van der Waals surface area contributed by atoms with Crippen LogP contribution in [0.2, 0.25) is 0 Å². The quantitative estimate of drug-likeness (QED) is 0.374. The molecule has 150 valence electrons. The number of nitro benzene ring substituents is 1. The molecule has 0 saturated heterocycles. The number of benzene rings is 2. The van der Waals surface area contributed by atoms with Gasteiger partial charge in [-0.25, -0.2) is 4.68 Å². The predicted molar refractivity (Wildman–Crippen MR) is 102 cm³/mol. The van der Waals surface area contributed by atoms with Crippen LogP contribution < -0.4 is 5.43 Å². The van der Waals surface area contributed by atoms with Crippen LogP contribution in [0.1, 0.15) is 22.5 Å². The van der Waals surface area contributed by atoms with Gasteiger partial charge in [-0.05, 0) is 38.1 Å². The zero-order chi connectivity index (χ0) is 21.2. The molecule has 0 bridgehead atoms. The number of hydrogen-bond acceptors (Lipinski definition) is 5. The Balaban J connectivity index is 1.87. The van der Waals surface area contributed by atoms with E-state index in [0.717, 1.165) is 23.5 Å². The van der Waals surface area contributed by atoms with E-state index in [2.05, 4.69) is 15.6 Å². The van der Waals surface area contributed by atoms with E-state index in [1.54, 1.807) is 11.6 Å². The number of halogens is 3. The van der Waals surface area contributed by atoms with Crippen molar-refractivity contribution in [3.63, 3.8) is 0 Å². The Hall–Kier alpha value is -3.69. The van der Waals surface area contributed by atoms with Gasteiger partial charge in [0.15, 0.2) is 0 Å². The third-order valence-electron chi connectivity index (χ3n) is 4.25. The van der Waals surface area contributed by atoms with Crippen LogP contribution >= 0.6 is 0 Å². The zero-order valence-corrected chi connectivity index (χ0v) is 15.4. The lowest BCUT2D eigenvalue weighted by Gasteiger charge is -2.08. The Morgan fingerprint density at radius 2 is 1.86 bits per heavy atom. The van der Waals surface area contributed by atoms with Gasteiger partial charge in [0, 0.05) is 11.6 Å². The summed E-state index contributed by atoms with van der Waals surface area (Å²) in [6.07, 6.45) is -3.24. The van der Waals surface area contributed by atoms with Crippen molar-refractivity contribution in [3.8, 4) is 5.69 Å². The molecule has 0 spiro atoms. The van der Waals surface area contributed by atoms with Gasteiger partial charge in [-0.1, -0.05) is 18.2 Å². The average molecular weight is 403 g/mol. The molecule has 2 aromatic carbocycles. The van der Waals surface area contributed by atoms with Crippen molar-refractivity contribution in [1.82, 2.24) is 9.78 Å². The molecule has 29 heavy (non-hydrogen) atoms. The number of nitrogens with one attached hydrogen (secondary N) is 1. The molecule has 0 aliphatic heterocycles. The van der Waals surface area contributed by atoms with Gasteiger partial charge in [0.2, 0.25) is 0 Å². The molecule has 1 aromatic heterocycles. The summed E-state index contributed by atoms with van der Waals surface area (Å²) < 4.78 is 40.1. The van der Waals surface area contributed by atoms with E-state index in [1.807, 2.05) is 37.3 Å². The summed E-state index contributed by atoms with van der Waals surface area (Å²) >= 11 is 0. The van der Waals surface area contributed by atoms with Crippen LogP contribution in [-0.2, 0) is 6.18 Å². The number of nitro groups is 1. The first kappa shape index (κ1) is 20.1. The smallest absolute Gasteiger partial charge is 0.272 e. The number of aryl methyl sites for hydroxylation is 1. The van der Waals surface area contributed by atoms with Crippen LogP contribution in [0.5, 0.6) is 0 Å². The second kappa shape index (κ2) is 7.74. The van der Waals surface area contributed by atoms with E-state index < -0.39 is 22.4 Å². The summed E-state index contributed by atoms with van der Waals surface area (Å²) in [5, 5.41) is 19.6. The number of rotatable bonds is 5. The molecule has 0 atom stereocenters. The first-order valence-corrected chi connectivity index (χ1v) is 8.45. The Morgan fingerprint density at radius 3 is 2.48 bits per heavy atom. The fourth-order valence-electron chi connectivity index (χ4n) is 2.78. The van der Waals surface area contributed by atoms with Gasteiger partial charge in [-0.2, -0.15) is 23.4 Å². The van der Waals surface area contributed by atoms with E-state index in [0.29, 0.717) is 17.3 Å². The van der Waals surface area contributed by atoms with Crippen molar-refractivity contribution in [2.24, 2.45) is 5.10 Å². The number of nitrogens with zero attached hydrogens (tertiary/aromatic N) is 4. The van der Waals surface area contributed by atoms with E-state index in [4.69, 9.17) is 0 Å². The highest BCUT2D eigenvalue weighted by Crippen LogP contribution is 2.35. The minimum absolute atomic E-state index is 0.148. The minimum Gasteiger partial charge on any atom is -0.272 e. The second-order valence-electron chi connectivity index (χ2n) is 6.19. The number of aromatic nitrogens is 2. The largest absolute Gasteiger partial charge is 0.416 e. The molecule has 7 nitrogen and oxygen atoms in total. The predicted octanol–water partition coefficient (Wildman–Crippen LogP) is 4.86. The molecule has 0 aliphatic rings. The highest BCUT2D eigenvalue weighted by Gasteiger charge is 2.33. The molecule has 0 unspecified atom stereocenters. The number of anilines is 1. The number of para-hydroxylation sites is 1. The fourth-order valence-corrected chi connectivity index (χ4v) is 2.78. The lowest BCUT2D eigenvalue weighted by molar-refractivity contribution is -0.384. The van der Waals surface area contributed by atoms with Gasteiger partial charge in [0.25, 0.3) is 5.69 Å². The Bertz CT molecular complexity index is 1080. The molecule has 1 N–H and O–H groups in total. The molecule has 1 heterocycles. The average Bonchev–Trinajstić information content (AvgIpc) is 2.96.